The Kier molecular flexibility index (Phi) is 4.89. The fraction of sp³-hybridized carbons (Fsp3) is 0.238. The Balaban J connectivity index is 1.55. The quantitative estimate of drug-likeness (QED) is 0.509. The first kappa shape index (κ1) is 17.9. The maximum Gasteiger partial charge on any atom is 0.160 e. The fourth-order valence-electron chi connectivity index (χ4n) is 3.29. The van der Waals surface area contributed by atoms with E-state index in [0.29, 0.717) is 0 Å². The van der Waals surface area contributed by atoms with E-state index in [2.05, 4.69) is 20.3 Å². The third-order valence-electron chi connectivity index (χ3n) is 4.74. The van der Waals surface area contributed by atoms with Crippen LogP contribution in [0.5, 0.6) is 17.2 Å². The summed E-state index contributed by atoms with van der Waals surface area (Å²) in [6, 6.07) is 11.8. The number of hydrogen-bond acceptors (Lipinski definition) is 6. The van der Waals surface area contributed by atoms with Gasteiger partial charge in [0, 0.05) is 17.4 Å². The zero-order chi connectivity index (χ0) is 19.5. The molecular formula is C21H22N4O3. The van der Waals surface area contributed by atoms with Crippen molar-refractivity contribution in [1.29, 1.82) is 0 Å². The van der Waals surface area contributed by atoms with Gasteiger partial charge in [-0.05, 0) is 42.3 Å². The number of nitrogens with one attached hydrogen (secondary N) is 2. The maximum atomic E-state index is 5.37. The molecule has 0 radical (unpaired) electrons. The largest absolute Gasteiger partial charge is 0.497 e. The summed E-state index contributed by atoms with van der Waals surface area (Å²) < 4.78 is 16.0. The van der Waals surface area contributed by atoms with Crippen molar-refractivity contribution in [2.75, 3.05) is 33.2 Å². The molecule has 4 rings (SSSR count). The Hall–Kier alpha value is -3.48. The molecule has 7 heteroatoms. The molecule has 0 atom stereocenters. The molecule has 0 bridgehead atoms. The normalized spacial score (nSPS) is 11.0. The summed E-state index contributed by atoms with van der Waals surface area (Å²) in [6.45, 7) is 0.723. The van der Waals surface area contributed by atoms with Gasteiger partial charge in [0.15, 0.2) is 17.3 Å². The van der Waals surface area contributed by atoms with Gasteiger partial charge in [-0.25, -0.2) is 9.97 Å². The van der Waals surface area contributed by atoms with E-state index in [1.807, 2.05) is 36.4 Å². The van der Waals surface area contributed by atoms with Gasteiger partial charge in [-0.3, -0.25) is 0 Å². The Labute approximate surface area is 162 Å². The van der Waals surface area contributed by atoms with Crippen LogP contribution in [0, 0.1) is 0 Å². The SMILES string of the molecule is COc1ccc2[nH]c3c(NCCc4ccc(OC)c(OC)c4)ncnc3c2c1. The second kappa shape index (κ2) is 7.64. The van der Waals surface area contributed by atoms with Crippen molar-refractivity contribution >= 4 is 27.8 Å². The van der Waals surface area contributed by atoms with E-state index in [9.17, 15) is 0 Å². The minimum atomic E-state index is 0.723. The standard InChI is InChI=1S/C21H22N4O3/c1-26-14-5-6-16-15(11-14)19-20(25-16)21(24-12-23-19)22-9-8-13-4-7-17(27-2)18(10-13)28-3/h4-7,10-12,25H,8-9H2,1-3H3,(H,22,23,24). The maximum absolute atomic E-state index is 5.37. The van der Waals surface area contributed by atoms with E-state index in [1.54, 1.807) is 27.7 Å². The first-order valence-electron chi connectivity index (χ1n) is 8.98. The number of nitrogens with zero attached hydrogens (tertiary/aromatic N) is 2. The number of H-pyrrole nitrogens is 1. The summed E-state index contributed by atoms with van der Waals surface area (Å²) in [5, 5.41) is 4.42. The first-order chi connectivity index (χ1) is 13.7. The molecule has 4 aromatic rings. The third-order valence-corrected chi connectivity index (χ3v) is 4.74. The minimum absolute atomic E-state index is 0.723. The number of benzene rings is 2. The molecule has 2 aromatic carbocycles. The molecule has 0 fully saturated rings. The predicted molar refractivity (Wildman–Crippen MR) is 110 cm³/mol. The predicted octanol–water partition coefficient (Wildman–Crippen LogP) is 3.79. The molecule has 0 aliphatic heterocycles. The molecule has 0 saturated carbocycles. The van der Waals surface area contributed by atoms with Crippen molar-refractivity contribution in [2.24, 2.45) is 0 Å². The lowest BCUT2D eigenvalue weighted by Crippen LogP contribution is -2.07. The smallest absolute Gasteiger partial charge is 0.160 e. The van der Waals surface area contributed by atoms with Crippen LogP contribution in [0.15, 0.2) is 42.7 Å². The molecule has 144 valence electrons. The average Bonchev–Trinajstić information content (AvgIpc) is 3.12. The highest BCUT2D eigenvalue weighted by Crippen LogP contribution is 2.30. The Morgan fingerprint density at radius 3 is 2.57 bits per heavy atom. The Bertz CT molecular complexity index is 1120. The molecule has 0 amide bonds. The van der Waals surface area contributed by atoms with Crippen LogP contribution in [0.1, 0.15) is 5.56 Å². The fourth-order valence-corrected chi connectivity index (χ4v) is 3.29. The van der Waals surface area contributed by atoms with Crippen molar-refractivity contribution in [3.8, 4) is 17.2 Å². The van der Waals surface area contributed by atoms with Gasteiger partial charge in [0.25, 0.3) is 0 Å². The zero-order valence-electron chi connectivity index (χ0n) is 16.1. The lowest BCUT2D eigenvalue weighted by molar-refractivity contribution is 0.354. The summed E-state index contributed by atoms with van der Waals surface area (Å²) in [4.78, 5) is 12.3. The number of aromatic amines is 1. The zero-order valence-corrected chi connectivity index (χ0v) is 16.1. The van der Waals surface area contributed by atoms with Crippen molar-refractivity contribution in [3.63, 3.8) is 0 Å². The molecule has 2 aromatic heterocycles. The molecule has 0 unspecified atom stereocenters. The van der Waals surface area contributed by atoms with Crippen LogP contribution in [-0.4, -0.2) is 42.8 Å². The van der Waals surface area contributed by atoms with Crippen LogP contribution in [0.2, 0.25) is 0 Å². The number of hydrogen-bond donors (Lipinski definition) is 2. The van der Waals surface area contributed by atoms with Crippen LogP contribution in [0.3, 0.4) is 0 Å². The topological polar surface area (TPSA) is 81.3 Å². The van der Waals surface area contributed by atoms with Gasteiger partial charge in [-0.15, -0.1) is 0 Å². The van der Waals surface area contributed by atoms with Gasteiger partial charge in [0.2, 0.25) is 0 Å². The van der Waals surface area contributed by atoms with E-state index in [0.717, 1.165) is 63.5 Å². The lowest BCUT2D eigenvalue weighted by Gasteiger charge is -2.10. The third kappa shape index (κ3) is 3.26. The monoisotopic (exact) mass is 378 g/mol. The summed E-state index contributed by atoms with van der Waals surface area (Å²) in [7, 11) is 4.93. The van der Waals surface area contributed by atoms with Gasteiger partial charge >= 0.3 is 0 Å². The number of rotatable bonds is 7. The van der Waals surface area contributed by atoms with Crippen molar-refractivity contribution in [3.05, 3.63) is 48.3 Å². The van der Waals surface area contributed by atoms with E-state index >= 15 is 0 Å². The first-order valence-corrected chi connectivity index (χ1v) is 8.98. The van der Waals surface area contributed by atoms with Crippen LogP contribution in [0.25, 0.3) is 21.9 Å². The minimum Gasteiger partial charge on any atom is -0.497 e. The van der Waals surface area contributed by atoms with E-state index in [4.69, 9.17) is 14.2 Å². The van der Waals surface area contributed by atoms with Gasteiger partial charge in [-0.1, -0.05) is 6.07 Å². The van der Waals surface area contributed by atoms with Gasteiger partial charge < -0.3 is 24.5 Å². The van der Waals surface area contributed by atoms with Crippen molar-refractivity contribution in [2.45, 2.75) is 6.42 Å². The van der Waals surface area contributed by atoms with E-state index in [1.165, 1.54) is 0 Å². The van der Waals surface area contributed by atoms with Crippen molar-refractivity contribution in [1.82, 2.24) is 15.0 Å². The van der Waals surface area contributed by atoms with E-state index in [-0.39, 0.29) is 0 Å². The van der Waals surface area contributed by atoms with Crippen molar-refractivity contribution < 1.29 is 14.2 Å². The van der Waals surface area contributed by atoms with Crippen LogP contribution in [0.4, 0.5) is 5.82 Å². The lowest BCUT2D eigenvalue weighted by atomic mass is 10.1. The molecule has 0 saturated heterocycles. The highest BCUT2D eigenvalue weighted by atomic mass is 16.5. The van der Waals surface area contributed by atoms with Crippen LogP contribution >= 0.6 is 0 Å². The molecular weight excluding hydrogens is 356 g/mol. The molecule has 2 N–H and O–H groups in total. The van der Waals surface area contributed by atoms with Crippen LogP contribution < -0.4 is 19.5 Å². The Morgan fingerprint density at radius 1 is 0.929 bits per heavy atom. The molecule has 0 spiro atoms. The highest BCUT2D eigenvalue weighted by Gasteiger charge is 2.11. The van der Waals surface area contributed by atoms with Gasteiger partial charge in [0.05, 0.1) is 21.3 Å². The van der Waals surface area contributed by atoms with Crippen LogP contribution in [-0.2, 0) is 6.42 Å². The summed E-state index contributed by atoms with van der Waals surface area (Å²) in [5.41, 5.74) is 3.91. The van der Waals surface area contributed by atoms with Gasteiger partial charge in [0.1, 0.15) is 23.1 Å². The summed E-state index contributed by atoms with van der Waals surface area (Å²) >= 11 is 0. The number of fused-ring (bicyclic) bond motifs is 3. The number of aromatic nitrogens is 3. The van der Waals surface area contributed by atoms with Gasteiger partial charge in [-0.2, -0.15) is 0 Å². The molecule has 2 heterocycles. The summed E-state index contributed by atoms with van der Waals surface area (Å²) in [5.74, 6) is 3.04. The molecule has 0 aliphatic rings. The molecule has 0 aliphatic carbocycles. The number of ether oxygens (including phenoxy) is 3. The summed E-state index contributed by atoms with van der Waals surface area (Å²) in [6.07, 6.45) is 2.40. The number of methoxy groups -OCH3 is 3. The number of anilines is 1. The highest BCUT2D eigenvalue weighted by molar-refractivity contribution is 6.08. The average molecular weight is 378 g/mol. The second-order valence-electron chi connectivity index (χ2n) is 6.35. The Morgan fingerprint density at radius 2 is 1.79 bits per heavy atom. The van der Waals surface area contributed by atoms with E-state index < -0.39 is 0 Å². The molecule has 7 nitrogen and oxygen atoms in total. The molecule has 28 heavy (non-hydrogen) atoms. The second-order valence-corrected chi connectivity index (χ2v) is 6.35.